The number of benzene rings is 2. The monoisotopic (exact) mass is 447 g/mol. The molecule has 3 aromatic rings. The number of hydrogen-bond acceptors (Lipinski definition) is 6. The molecule has 4 rings (SSSR count). The van der Waals surface area contributed by atoms with Crippen LogP contribution in [0.4, 0.5) is 21.7 Å². The van der Waals surface area contributed by atoms with E-state index in [0.717, 1.165) is 44.4 Å². The Hall–Kier alpha value is -2.91. The van der Waals surface area contributed by atoms with Crippen LogP contribution in [-0.2, 0) is 10.0 Å². The van der Waals surface area contributed by atoms with Gasteiger partial charge in [0.2, 0.25) is 5.95 Å². The fraction of sp³-hybridized carbons (Fsp3) is 0.200. The number of nitrogens with one attached hydrogen (secondary N) is 1. The van der Waals surface area contributed by atoms with Crippen molar-refractivity contribution in [1.82, 2.24) is 9.97 Å². The third kappa shape index (κ3) is 4.47. The van der Waals surface area contributed by atoms with Crippen LogP contribution in [0.3, 0.4) is 0 Å². The first kappa shape index (κ1) is 20.4. The minimum Gasteiger partial charge on any atom is -0.368 e. The van der Waals surface area contributed by atoms with Gasteiger partial charge in [-0.2, -0.15) is 0 Å². The van der Waals surface area contributed by atoms with Crippen LogP contribution in [-0.4, -0.2) is 44.6 Å². The lowest BCUT2D eigenvalue weighted by atomic mass is 10.2. The second-order valence-electron chi connectivity index (χ2n) is 6.76. The summed E-state index contributed by atoms with van der Waals surface area (Å²) in [6.45, 7) is 3.20. The third-order valence-corrected chi connectivity index (χ3v) is 6.44. The fourth-order valence-electron chi connectivity index (χ4n) is 3.20. The van der Waals surface area contributed by atoms with E-state index in [1.54, 1.807) is 0 Å². The lowest BCUT2D eigenvalue weighted by Gasteiger charge is -2.36. The number of sulfonamides is 1. The number of aromatic nitrogens is 2. The van der Waals surface area contributed by atoms with E-state index in [1.807, 2.05) is 18.2 Å². The van der Waals surface area contributed by atoms with E-state index in [9.17, 15) is 12.8 Å². The summed E-state index contributed by atoms with van der Waals surface area (Å²) in [6.07, 6.45) is 2.82. The molecule has 1 aromatic heterocycles. The van der Waals surface area contributed by atoms with Crippen molar-refractivity contribution in [2.24, 2.45) is 0 Å². The van der Waals surface area contributed by atoms with Crippen molar-refractivity contribution < 1.29 is 12.8 Å². The van der Waals surface area contributed by atoms with Crippen LogP contribution in [0.5, 0.6) is 0 Å². The van der Waals surface area contributed by atoms with Gasteiger partial charge in [-0.1, -0.05) is 29.8 Å². The van der Waals surface area contributed by atoms with Gasteiger partial charge in [0.05, 0.1) is 28.0 Å². The Kier molecular flexibility index (Phi) is 5.74. The molecule has 1 fully saturated rings. The van der Waals surface area contributed by atoms with Gasteiger partial charge in [0, 0.05) is 31.9 Å². The van der Waals surface area contributed by atoms with Crippen LogP contribution in [0.1, 0.15) is 0 Å². The highest BCUT2D eigenvalue weighted by molar-refractivity contribution is 7.92. The molecule has 0 amide bonds. The molecule has 2 heterocycles. The second-order valence-corrected chi connectivity index (χ2v) is 8.85. The lowest BCUT2D eigenvalue weighted by molar-refractivity contribution is 0.599. The summed E-state index contributed by atoms with van der Waals surface area (Å²) in [4.78, 5) is 12.8. The fourth-order valence-corrected chi connectivity index (χ4v) is 4.50. The summed E-state index contributed by atoms with van der Waals surface area (Å²) in [7, 11) is -3.93. The van der Waals surface area contributed by atoms with Gasteiger partial charge in [-0.3, -0.25) is 4.72 Å². The van der Waals surface area contributed by atoms with E-state index in [0.29, 0.717) is 5.95 Å². The van der Waals surface area contributed by atoms with Crippen molar-refractivity contribution in [3.8, 4) is 0 Å². The quantitative estimate of drug-likeness (QED) is 0.646. The molecule has 30 heavy (non-hydrogen) atoms. The van der Waals surface area contributed by atoms with E-state index in [1.165, 1.54) is 18.1 Å². The summed E-state index contributed by atoms with van der Waals surface area (Å²) in [6, 6.07) is 13.4. The Morgan fingerprint density at radius 1 is 0.933 bits per heavy atom. The zero-order chi connectivity index (χ0) is 21.1. The molecule has 1 aliphatic rings. The van der Waals surface area contributed by atoms with E-state index in [-0.39, 0.29) is 15.6 Å². The van der Waals surface area contributed by atoms with Crippen LogP contribution in [0.2, 0.25) is 5.02 Å². The Labute approximate surface area is 179 Å². The molecule has 156 valence electrons. The molecule has 0 spiro atoms. The highest BCUT2D eigenvalue weighted by atomic mass is 35.5. The van der Waals surface area contributed by atoms with E-state index >= 15 is 0 Å². The van der Waals surface area contributed by atoms with Crippen molar-refractivity contribution in [1.29, 1.82) is 0 Å². The van der Waals surface area contributed by atoms with Gasteiger partial charge in [0.25, 0.3) is 10.0 Å². The maximum absolute atomic E-state index is 13.3. The molecule has 1 saturated heterocycles. The molecule has 0 bridgehead atoms. The molecule has 0 aliphatic carbocycles. The van der Waals surface area contributed by atoms with Crippen molar-refractivity contribution in [3.05, 3.63) is 71.8 Å². The van der Waals surface area contributed by atoms with Gasteiger partial charge < -0.3 is 9.80 Å². The predicted molar refractivity (Wildman–Crippen MR) is 115 cm³/mol. The number of hydrogen-bond donors (Lipinski definition) is 1. The zero-order valence-corrected chi connectivity index (χ0v) is 17.4. The number of halogens is 2. The van der Waals surface area contributed by atoms with Crippen LogP contribution in [0, 0.1) is 5.82 Å². The maximum atomic E-state index is 13.3. The van der Waals surface area contributed by atoms with Crippen molar-refractivity contribution >= 4 is 38.9 Å². The first-order chi connectivity index (χ1) is 14.4. The smallest absolute Gasteiger partial charge is 0.262 e. The molecule has 7 nitrogen and oxygen atoms in total. The first-order valence-electron chi connectivity index (χ1n) is 9.27. The largest absolute Gasteiger partial charge is 0.368 e. The van der Waals surface area contributed by atoms with Crippen LogP contribution >= 0.6 is 11.6 Å². The molecule has 1 aliphatic heterocycles. The Morgan fingerprint density at radius 2 is 1.57 bits per heavy atom. The summed E-state index contributed by atoms with van der Waals surface area (Å²) < 4.78 is 40.6. The van der Waals surface area contributed by atoms with Gasteiger partial charge in [0.15, 0.2) is 0 Å². The minimum absolute atomic E-state index is 0.144. The third-order valence-electron chi connectivity index (χ3n) is 4.78. The van der Waals surface area contributed by atoms with Gasteiger partial charge >= 0.3 is 0 Å². The van der Waals surface area contributed by atoms with Crippen molar-refractivity contribution in [3.63, 3.8) is 0 Å². The summed E-state index contributed by atoms with van der Waals surface area (Å²) in [5.74, 6) is -0.147. The van der Waals surface area contributed by atoms with Gasteiger partial charge in [-0.25, -0.2) is 22.8 Å². The molecule has 0 atom stereocenters. The standard InChI is InChI=1S/C20H19ClFN5O2S/c21-18-12-17(6-7-19(18)22)30(28,29)25-15-13-23-20(24-14-15)27-10-8-26(9-11-27)16-4-2-1-3-5-16/h1-7,12-14,25H,8-11H2. The van der Waals surface area contributed by atoms with Crippen molar-refractivity contribution in [2.45, 2.75) is 4.90 Å². The Bertz CT molecular complexity index is 1120. The number of rotatable bonds is 5. The number of anilines is 3. The van der Waals surface area contributed by atoms with Gasteiger partial charge in [0.1, 0.15) is 5.82 Å². The van der Waals surface area contributed by atoms with E-state index in [4.69, 9.17) is 11.6 Å². The normalized spacial score (nSPS) is 14.6. The molecule has 0 unspecified atom stereocenters. The van der Waals surface area contributed by atoms with Crippen LogP contribution in [0.25, 0.3) is 0 Å². The lowest BCUT2D eigenvalue weighted by Crippen LogP contribution is -2.47. The van der Waals surface area contributed by atoms with Crippen molar-refractivity contribution in [2.75, 3.05) is 40.7 Å². The van der Waals surface area contributed by atoms with E-state index < -0.39 is 15.8 Å². The zero-order valence-electron chi connectivity index (χ0n) is 15.9. The van der Waals surface area contributed by atoms with E-state index in [2.05, 4.69) is 36.6 Å². The Balaban J connectivity index is 1.40. The van der Waals surface area contributed by atoms with Crippen LogP contribution < -0.4 is 14.5 Å². The number of nitrogens with zero attached hydrogens (tertiary/aromatic N) is 4. The SMILES string of the molecule is O=S(=O)(Nc1cnc(N2CCN(c3ccccc3)CC2)nc1)c1ccc(F)c(Cl)c1. The average Bonchev–Trinajstić information content (AvgIpc) is 2.77. The average molecular weight is 448 g/mol. The minimum atomic E-state index is -3.93. The summed E-state index contributed by atoms with van der Waals surface area (Å²) in [5.41, 5.74) is 1.39. The molecular weight excluding hydrogens is 429 g/mol. The van der Waals surface area contributed by atoms with Crippen LogP contribution in [0.15, 0.2) is 65.8 Å². The number of para-hydroxylation sites is 1. The van der Waals surface area contributed by atoms with Gasteiger partial charge in [-0.15, -0.1) is 0 Å². The Morgan fingerprint density at radius 3 is 2.20 bits per heavy atom. The first-order valence-corrected chi connectivity index (χ1v) is 11.1. The second kappa shape index (κ2) is 8.45. The molecule has 0 saturated carbocycles. The molecular formula is C20H19ClFN5O2S. The molecule has 1 N–H and O–H groups in total. The predicted octanol–water partition coefficient (Wildman–Crippen LogP) is 3.40. The maximum Gasteiger partial charge on any atom is 0.262 e. The molecule has 10 heteroatoms. The van der Waals surface area contributed by atoms with Gasteiger partial charge in [-0.05, 0) is 30.3 Å². The highest BCUT2D eigenvalue weighted by Crippen LogP contribution is 2.22. The highest BCUT2D eigenvalue weighted by Gasteiger charge is 2.20. The summed E-state index contributed by atoms with van der Waals surface area (Å²) in [5, 5.41) is -0.265. The molecule has 0 radical (unpaired) electrons. The number of piperazine rings is 1. The topological polar surface area (TPSA) is 78.4 Å². The summed E-state index contributed by atoms with van der Waals surface area (Å²) >= 11 is 5.68. The molecule has 2 aromatic carbocycles.